The molecule has 2 N–H and O–H groups in total. The summed E-state index contributed by atoms with van der Waals surface area (Å²) in [7, 11) is 7.24. The van der Waals surface area contributed by atoms with E-state index in [2.05, 4.69) is 0 Å². The number of aromatic hydroxyl groups is 2. The minimum absolute atomic E-state index is 0.000886. The van der Waals surface area contributed by atoms with Crippen molar-refractivity contribution in [3.8, 4) is 34.5 Å². The van der Waals surface area contributed by atoms with E-state index in [0.29, 0.717) is 5.52 Å². The summed E-state index contributed by atoms with van der Waals surface area (Å²) in [5.41, 5.74) is 0.183. The van der Waals surface area contributed by atoms with E-state index < -0.39 is 5.43 Å². The van der Waals surface area contributed by atoms with Crippen molar-refractivity contribution in [1.29, 1.82) is 0 Å². The zero-order valence-corrected chi connectivity index (χ0v) is 15.0. The van der Waals surface area contributed by atoms with Crippen LogP contribution in [0.25, 0.3) is 21.8 Å². The third-order valence-corrected chi connectivity index (χ3v) is 4.39. The van der Waals surface area contributed by atoms with Gasteiger partial charge in [-0.15, -0.1) is 0 Å². The third kappa shape index (κ3) is 2.11. The Morgan fingerprint density at radius 2 is 1.38 bits per heavy atom. The van der Waals surface area contributed by atoms with Crippen LogP contribution in [-0.4, -0.2) is 43.2 Å². The van der Waals surface area contributed by atoms with Gasteiger partial charge in [-0.25, -0.2) is 0 Å². The molecule has 0 fully saturated rings. The summed E-state index contributed by atoms with van der Waals surface area (Å²) in [6.45, 7) is 0. The highest BCUT2D eigenvalue weighted by Gasteiger charge is 2.27. The number of phenolic OH excluding ortho intramolecular Hbond substituents is 2. The van der Waals surface area contributed by atoms with Crippen LogP contribution < -0.4 is 24.4 Å². The molecule has 2 aromatic carbocycles. The molecule has 0 atom stereocenters. The number of ether oxygens (including phenoxy) is 4. The monoisotopic (exact) mass is 361 g/mol. The maximum Gasteiger partial charge on any atom is 0.209 e. The summed E-state index contributed by atoms with van der Waals surface area (Å²) in [4.78, 5) is 13.1. The molecule has 1 heterocycles. The Morgan fingerprint density at radius 1 is 0.808 bits per heavy atom. The molecule has 0 unspecified atom stereocenters. The molecule has 0 saturated carbocycles. The second kappa shape index (κ2) is 6.21. The highest BCUT2D eigenvalue weighted by atomic mass is 16.5. The predicted octanol–water partition coefficient (Wildman–Crippen LogP) is 2.14. The number of methoxy groups -OCH3 is 4. The Kier molecular flexibility index (Phi) is 4.19. The minimum atomic E-state index is -0.455. The van der Waals surface area contributed by atoms with Gasteiger partial charge >= 0.3 is 0 Å². The predicted molar refractivity (Wildman–Crippen MR) is 96.2 cm³/mol. The number of fused-ring (bicyclic) bond motifs is 2. The van der Waals surface area contributed by atoms with E-state index in [1.807, 2.05) is 0 Å². The van der Waals surface area contributed by atoms with Crippen molar-refractivity contribution < 1.29 is 29.2 Å². The van der Waals surface area contributed by atoms with E-state index in [-0.39, 0.29) is 50.8 Å². The van der Waals surface area contributed by atoms with Crippen LogP contribution in [0.3, 0.4) is 0 Å². The lowest BCUT2D eigenvalue weighted by Gasteiger charge is -2.20. The first-order chi connectivity index (χ1) is 12.4. The van der Waals surface area contributed by atoms with Crippen LogP contribution in [0.2, 0.25) is 0 Å². The normalized spacial score (nSPS) is 11.0. The van der Waals surface area contributed by atoms with Crippen LogP contribution in [-0.2, 0) is 7.05 Å². The average Bonchev–Trinajstić information content (AvgIpc) is 2.64. The van der Waals surface area contributed by atoms with E-state index in [9.17, 15) is 15.0 Å². The number of rotatable bonds is 4. The van der Waals surface area contributed by atoms with Crippen LogP contribution in [0.15, 0.2) is 16.9 Å². The molecule has 138 valence electrons. The molecule has 0 aliphatic heterocycles. The Bertz CT molecular complexity index is 1090. The Balaban J connectivity index is 2.74. The lowest BCUT2D eigenvalue weighted by atomic mass is 10.1. The quantitative estimate of drug-likeness (QED) is 0.687. The molecule has 0 aliphatic carbocycles. The van der Waals surface area contributed by atoms with Gasteiger partial charge < -0.3 is 33.7 Å². The molecule has 26 heavy (non-hydrogen) atoms. The number of hydrogen-bond acceptors (Lipinski definition) is 7. The first kappa shape index (κ1) is 17.5. The topological polar surface area (TPSA) is 99.4 Å². The van der Waals surface area contributed by atoms with Crippen molar-refractivity contribution in [2.75, 3.05) is 28.4 Å². The molecule has 1 aromatic heterocycles. The number of aryl methyl sites for hydroxylation is 1. The van der Waals surface area contributed by atoms with Crippen LogP contribution in [0.5, 0.6) is 34.5 Å². The number of benzene rings is 2. The molecule has 3 rings (SSSR count). The number of hydrogen-bond donors (Lipinski definition) is 2. The first-order valence-corrected chi connectivity index (χ1v) is 7.66. The molecule has 0 bridgehead atoms. The second-order valence-corrected chi connectivity index (χ2v) is 5.57. The van der Waals surface area contributed by atoms with Crippen molar-refractivity contribution >= 4 is 21.8 Å². The number of nitrogens with zero attached hydrogens (tertiary/aromatic N) is 1. The second-order valence-electron chi connectivity index (χ2n) is 5.57. The molecule has 8 nitrogen and oxygen atoms in total. The van der Waals surface area contributed by atoms with E-state index in [4.69, 9.17) is 18.9 Å². The lowest BCUT2D eigenvalue weighted by molar-refractivity contribution is 0.313. The van der Waals surface area contributed by atoms with Gasteiger partial charge in [0.05, 0.1) is 44.7 Å². The average molecular weight is 361 g/mol. The van der Waals surface area contributed by atoms with Crippen molar-refractivity contribution in [1.82, 2.24) is 4.57 Å². The van der Waals surface area contributed by atoms with Gasteiger partial charge in [-0.1, -0.05) is 0 Å². The number of aromatic nitrogens is 1. The van der Waals surface area contributed by atoms with E-state index in [0.717, 1.165) is 0 Å². The van der Waals surface area contributed by atoms with Crippen LogP contribution in [0, 0.1) is 0 Å². The molecular formula is C18H19NO7. The van der Waals surface area contributed by atoms with Crippen molar-refractivity contribution in [3.05, 3.63) is 22.4 Å². The van der Waals surface area contributed by atoms with E-state index in [1.165, 1.54) is 40.6 Å². The van der Waals surface area contributed by atoms with Gasteiger partial charge in [0.25, 0.3) is 0 Å². The van der Waals surface area contributed by atoms with Crippen molar-refractivity contribution in [2.45, 2.75) is 0 Å². The van der Waals surface area contributed by atoms with E-state index in [1.54, 1.807) is 11.6 Å². The lowest BCUT2D eigenvalue weighted by Crippen LogP contribution is -2.12. The Morgan fingerprint density at radius 3 is 1.92 bits per heavy atom. The van der Waals surface area contributed by atoms with Crippen LogP contribution >= 0.6 is 0 Å². The standard InChI is InChI=1S/C18H19NO7/c1-19-11-8(6-7-9(20)15(11)23-2)13(21)10-12(19)16(24-3)18(26-5)17(25-4)14(10)22/h6-7,20,22H,1-5H3. The van der Waals surface area contributed by atoms with E-state index >= 15 is 0 Å². The SMILES string of the molecule is COc1c(OC)c(OC)c2c(c1O)c(=O)c1ccc(O)c(OC)c1n2C. The maximum atomic E-state index is 13.1. The van der Waals surface area contributed by atoms with Crippen molar-refractivity contribution in [2.24, 2.45) is 7.05 Å². The smallest absolute Gasteiger partial charge is 0.209 e. The summed E-state index contributed by atoms with van der Waals surface area (Å²) in [5, 5.41) is 21.0. The molecule has 8 heteroatoms. The molecule has 0 spiro atoms. The summed E-state index contributed by atoms with van der Waals surface area (Å²) in [6, 6.07) is 2.83. The molecule has 0 radical (unpaired) electrons. The fourth-order valence-electron chi connectivity index (χ4n) is 3.28. The van der Waals surface area contributed by atoms with Gasteiger partial charge in [0, 0.05) is 7.05 Å². The minimum Gasteiger partial charge on any atom is -0.504 e. The largest absolute Gasteiger partial charge is 0.504 e. The Hall–Kier alpha value is -3.29. The van der Waals surface area contributed by atoms with Gasteiger partial charge in [-0.05, 0) is 12.1 Å². The summed E-state index contributed by atoms with van der Waals surface area (Å²) < 4.78 is 22.9. The van der Waals surface area contributed by atoms with Crippen LogP contribution in [0.4, 0.5) is 0 Å². The highest BCUT2D eigenvalue weighted by molar-refractivity contribution is 6.04. The fourth-order valence-corrected chi connectivity index (χ4v) is 3.28. The molecular weight excluding hydrogens is 342 g/mol. The van der Waals surface area contributed by atoms with Gasteiger partial charge in [0.2, 0.25) is 16.9 Å². The van der Waals surface area contributed by atoms with Gasteiger partial charge in [-0.3, -0.25) is 4.79 Å². The number of pyridine rings is 1. The molecule has 0 saturated heterocycles. The van der Waals surface area contributed by atoms with Crippen LogP contribution in [0.1, 0.15) is 0 Å². The summed E-state index contributed by atoms with van der Waals surface area (Å²) >= 11 is 0. The zero-order valence-electron chi connectivity index (χ0n) is 15.0. The molecule has 0 amide bonds. The summed E-state index contributed by atoms with van der Waals surface area (Å²) in [5.74, 6) is 0.0320. The van der Waals surface area contributed by atoms with Crippen molar-refractivity contribution in [3.63, 3.8) is 0 Å². The molecule has 3 aromatic rings. The van der Waals surface area contributed by atoms with Gasteiger partial charge in [-0.2, -0.15) is 0 Å². The first-order valence-electron chi connectivity index (χ1n) is 7.66. The summed E-state index contributed by atoms with van der Waals surface area (Å²) in [6.07, 6.45) is 0. The zero-order chi connectivity index (χ0) is 19.2. The number of phenols is 2. The molecule has 0 aliphatic rings. The maximum absolute atomic E-state index is 13.1. The van der Waals surface area contributed by atoms with Gasteiger partial charge in [0.1, 0.15) is 5.52 Å². The third-order valence-electron chi connectivity index (χ3n) is 4.39. The highest BCUT2D eigenvalue weighted by Crippen LogP contribution is 2.50. The Labute approximate surface area is 148 Å². The van der Waals surface area contributed by atoms with Gasteiger partial charge in [0.15, 0.2) is 23.0 Å². The fraction of sp³-hybridized carbons (Fsp3) is 0.278.